The molecule has 0 unspecified atom stereocenters. The maximum atomic E-state index is 12.9. The average Bonchev–Trinajstić information content (AvgIpc) is 3.24. The molecule has 0 saturated carbocycles. The number of nitro groups is 1. The van der Waals surface area contributed by atoms with Crippen LogP contribution in [0.1, 0.15) is 13.3 Å². The van der Waals surface area contributed by atoms with Crippen LogP contribution in [0.3, 0.4) is 0 Å². The Bertz CT molecular complexity index is 1100. The SMILES string of the molecule is CCOc1ccc(N(CCC#N)C(=O)Cn2cnc(-c3cccc([N+](=O)[O-])c3)n2)cc1. The maximum absolute atomic E-state index is 12.9. The standard InChI is InChI=1S/C21H20N6O4/c1-2-31-19-9-7-17(8-10-19)26(12-4-11-22)20(28)14-25-15-23-21(24-25)16-5-3-6-18(13-16)27(29)30/h3,5-10,13,15H,2,4,12,14H2,1H3. The summed E-state index contributed by atoms with van der Waals surface area (Å²) < 4.78 is 6.79. The van der Waals surface area contributed by atoms with Crippen molar-refractivity contribution in [3.63, 3.8) is 0 Å². The third kappa shape index (κ3) is 5.42. The van der Waals surface area contributed by atoms with Crippen LogP contribution in [0.2, 0.25) is 0 Å². The lowest BCUT2D eigenvalue weighted by Gasteiger charge is -2.22. The Kier molecular flexibility index (Phi) is 6.90. The molecule has 0 spiro atoms. The van der Waals surface area contributed by atoms with Gasteiger partial charge in [-0.2, -0.15) is 10.4 Å². The Labute approximate surface area is 178 Å². The van der Waals surface area contributed by atoms with Gasteiger partial charge in [0.1, 0.15) is 18.6 Å². The van der Waals surface area contributed by atoms with Crippen LogP contribution >= 0.6 is 0 Å². The van der Waals surface area contributed by atoms with Gasteiger partial charge in [0.2, 0.25) is 5.91 Å². The van der Waals surface area contributed by atoms with E-state index in [-0.39, 0.29) is 36.9 Å². The Hall–Kier alpha value is -4.26. The van der Waals surface area contributed by atoms with E-state index in [4.69, 9.17) is 10.00 Å². The fourth-order valence-electron chi connectivity index (χ4n) is 2.93. The molecule has 0 radical (unpaired) electrons. The number of benzene rings is 2. The zero-order chi connectivity index (χ0) is 22.2. The van der Waals surface area contributed by atoms with Crippen molar-refractivity contribution in [3.8, 4) is 23.2 Å². The van der Waals surface area contributed by atoms with E-state index in [9.17, 15) is 14.9 Å². The molecular weight excluding hydrogens is 400 g/mol. The second kappa shape index (κ2) is 9.98. The van der Waals surface area contributed by atoms with E-state index in [0.29, 0.717) is 23.6 Å². The minimum atomic E-state index is -0.492. The molecule has 10 heteroatoms. The number of carbonyl (C=O) groups is 1. The zero-order valence-electron chi connectivity index (χ0n) is 16.8. The lowest BCUT2D eigenvalue weighted by Crippen LogP contribution is -2.34. The van der Waals surface area contributed by atoms with Crippen LogP contribution in [0.5, 0.6) is 5.75 Å². The molecule has 31 heavy (non-hydrogen) atoms. The molecule has 3 rings (SSSR count). The van der Waals surface area contributed by atoms with Gasteiger partial charge in [0, 0.05) is 29.9 Å². The number of hydrogen-bond donors (Lipinski definition) is 0. The highest BCUT2D eigenvalue weighted by Crippen LogP contribution is 2.22. The van der Waals surface area contributed by atoms with Gasteiger partial charge in [-0.15, -0.1) is 0 Å². The number of carbonyl (C=O) groups excluding carboxylic acids is 1. The molecule has 0 fully saturated rings. The molecule has 0 bridgehead atoms. The van der Waals surface area contributed by atoms with E-state index >= 15 is 0 Å². The quantitative estimate of drug-likeness (QED) is 0.384. The van der Waals surface area contributed by atoms with Crippen LogP contribution in [0.25, 0.3) is 11.4 Å². The topological polar surface area (TPSA) is 127 Å². The average molecular weight is 420 g/mol. The maximum Gasteiger partial charge on any atom is 0.270 e. The van der Waals surface area contributed by atoms with Crippen LogP contribution < -0.4 is 9.64 Å². The first-order valence-corrected chi connectivity index (χ1v) is 9.56. The predicted octanol–water partition coefficient (Wildman–Crippen LogP) is 3.20. The van der Waals surface area contributed by atoms with Gasteiger partial charge in [0.25, 0.3) is 5.69 Å². The number of nitrogens with zero attached hydrogens (tertiary/aromatic N) is 6. The zero-order valence-corrected chi connectivity index (χ0v) is 16.8. The summed E-state index contributed by atoms with van der Waals surface area (Å²) in [6.07, 6.45) is 1.57. The van der Waals surface area contributed by atoms with E-state index in [2.05, 4.69) is 10.1 Å². The Morgan fingerprint density at radius 1 is 1.29 bits per heavy atom. The van der Waals surface area contributed by atoms with Crippen molar-refractivity contribution >= 4 is 17.3 Å². The number of non-ortho nitro benzene ring substituents is 1. The molecule has 1 aromatic heterocycles. The smallest absolute Gasteiger partial charge is 0.270 e. The highest BCUT2D eigenvalue weighted by molar-refractivity contribution is 5.93. The van der Waals surface area contributed by atoms with Crippen molar-refractivity contribution in [2.45, 2.75) is 19.9 Å². The number of amides is 1. The van der Waals surface area contributed by atoms with Gasteiger partial charge < -0.3 is 9.64 Å². The number of ether oxygens (including phenoxy) is 1. The fourth-order valence-corrected chi connectivity index (χ4v) is 2.93. The normalized spacial score (nSPS) is 10.3. The van der Waals surface area contributed by atoms with E-state index in [1.807, 2.05) is 13.0 Å². The number of nitriles is 1. The second-order valence-electron chi connectivity index (χ2n) is 6.45. The molecule has 0 aliphatic carbocycles. The second-order valence-corrected chi connectivity index (χ2v) is 6.45. The van der Waals surface area contributed by atoms with Crippen molar-refractivity contribution in [3.05, 3.63) is 65.0 Å². The van der Waals surface area contributed by atoms with Crippen molar-refractivity contribution in [2.75, 3.05) is 18.1 Å². The molecule has 0 atom stereocenters. The summed E-state index contributed by atoms with van der Waals surface area (Å²) in [5.41, 5.74) is 1.05. The number of anilines is 1. The van der Waals surface area contributed by atoms with Gasteiger partial charge in [-0.05, 0) is 31.2 Å². The van der Waals surface area contributed by atoms with Crippen molar-refractivity contribution in [2.24, 2.45) is 0 Å². The first kappa shape index (κ1) is 21.4. The molecule has 0 aliphatic rings. The summed E-state index contributed by atoms with van der Waals surface area (Å²) in [6, 6.07) is 15.1. The van der Waals surface area contributed by atoms with E-state index < -0.39 is 4.92 Å². The molecule has 0 saturated heterocycles. The molecule has 1 heterocycles. The lowest BCUT2D eigenvalue weighted by molar-refractivity contribution is -0.384. The van der Waals surface area contributed by atoms with Crippen LogP contribution in [-0.2, 0) is 11.3 Å². The third-order valence-electron chi connectivity index (χ3n) is 4.36. The van der Waals surface area contributed by atoms with Gasteiger partial charge in [-0.1, -0.05) is 12.1 Å². The summed E-state index contributed by atoms with van der Waals surface area (Å²) in [4.78, 5) is 29.1. The summed E-state index contributed by atoms with van der Waals surface area (Å²) in [5, 5.41) is 24.2. The highest BCUT2D eigenvalue weighted by atomic mass is 16.6. The predicted molar refractivity (Wildman–Crippen MR) is 112 cm³/mol. The summed E-state index contributed by atoms with van der Waals surface area (Å²) in [7, 11) is 0. The lowest BCUT2D eigenvalue weighted by atomic mass is 10.2. The number of rotatable bonds is 9. The third-order valence-corrected chi connectivity index (χ3v) is 4.36. The highest BCUT2D eigenvalue weighted by Gasteiger charge is 2.18. The molecule has 2 aromatic carbocycles. The van der Waals surface area contributed by atoms with Crippen LogP contribution in [0.15, 0.2) is 54.9 Å². The summed E-state index contributed by atoms with van der Waals surface area (Å²) in [5.74, 6) is 0.702. The summed E-state index contributed by atoms with van der Waals surface area (Å²) in [6.45, 7) is 2.56. The van der Waals surface area contributed by atoms with Crippen molar-refractivity contribution < 1.29 is 14.5 Å². The largest absolute Gasteiger partial charge is 0.494 e. The molecule has 10 nitrogen and oxygen atoms in total. The van der Waals surface area contributed by atoms with Crippen molar-refractivity contribution in [1.29, 1.82) is 5.26 Å². The number of aromatic nitrogens is 3. The van der Waals surface area contributed by atoms with E-state index in [0.717, 1.165) is 0 Å². The van der Waals surface area contributed by atoms with Gasteiger partial charge in [0.05, 0.1) is 24.0 Å². The first-order chi connectivity index (χ1) is 15.0. The molecule has 0 N–H and O–H groups in total. The van der Waals surface area contributed by atoms with Crippen LogP contribution in [0.4, 0.5) is 11.4 Å². The number of hydrogen-bond acceptors (Lipinski definition) is 7. The van der Waals surface area contributed by atoms with Gasteiger partial charge >= 0.3 is 0 Å². The minimum Gasteiger partial charge on any atom is -0.494 e. The molecular formula is C21H20N6O4. The Morgan fingerprint density at radius 2 is 2.06 bits per heavy atom. The molecule has 158 valence electrons. The van der Waals surface area contributed by atoms with Gasteiger partial charge in [0.15, 0.2) is 5.82 Å². The van der Waals surface area contributed by atoms with Crippen LogP contribution in [-0.4, -0.2) is 38.7 Å². The molecule has 0 aliphatic heterocycles. The number of nitro benzene ring substituents is 1. The molecule has 3 aromatic rings. The fraction of sp³-hybridized carbons (Fsp3) is 0.238. The Morgan fingerprint density at radius 3 is 2.74 bits per heavy atom. The monoisotopic (exact) mass is 420 g/mol. The van der Waals surface area contributed by atoms with Crippen molar-refractivity contribution in [1.82, 2.24) is 14.8 Å². The van der Waals surface area contributed by atoms with E-state index in [1.54, 1.807) is 36.4 Å². The first-order valence-electron chi connectivity index (χ1n) is 9.56. The van der Waals surface area contributed by atoms with Crippen LogP contribution in [0, 0.1) is 21.4 Å². The van der Waals surface area contributed by atoms with Gasteiger partial charge in [-0.3, -0.25) is 14.9 Å². The minimum absolute atomic E-state index is 0.0666. The van der Waals surface area contributed by atoms with E-state index in [1.165, 1.54) is 28.0 Å². The summed E-state index contributed by atoms with van der Waals surface area (Å²) >= 11 is 0. The molecule has 1 amide bonds. The van der Waals surface area contributed by atoms with Gasteiger partial charge in [-0.25, -0.2) is 9.67 Å². The Balaban J connectivity index is 1.77.